The van der Waals surface area contributed by atoms with Crippen LogP contribution in [0.3, 0.4) is 0 Å². The summed E-state index contributed by atoms with van der Waals surface area (Å²) in [5.74, 6) is 0.707. The Morgan fingerprint density at radius 2 is 2.11 bits per heavy atom. The lowest BCUT2D eigenvalue weighted by atomic mass is 9.75. The zero-order valence-corrected chi connectivity index (χ0v) is 11.0. The first-order valence-electron chi connectivity index (χ1n) is 6.42. The molecule has 3 N–H and O–H groups in total. The van der Waals surface area contributed by atoms with Gasteiger partial charge in [-0.1, -0.05) is 13.8 Å². The minimum atomic E-state index is 0.445. The summed E-state index contributed by atoms with van der Waals surface area (Å²) in [7, 11) is 0. The lowest BCUT2D eigenvalue weighted by molar-refractivity contribution is 0.232. The Bertz CT molecular complexity index is 463. The molecule has 1 aromatic rings. The molecular weight excluding hydrogens is 224 g/mol. The van der Waals surface area contributed by atoms with Crippen LogP contribution in [0.5, 0.6) is 0 Å². The number of nitrogens with one attached hydrogen (secondary N) is 1. The number of nitrogens with zero attached hydrogens (tertiary/aromatic N) is 2. The van der Waals surface area contributed by atoms with Crippen molar-refractivity contribution in [3.8, 4) is 6.07 Å². The molecule has 0 bridgehead atoms. The molecule has 0 aromatic carbocycles. The van der Waals surface area contributed by atoms with Gasteiger partial charge >= 0.3 is 0 Å². The molecule has 1 aliphatic rings. The van der Waals surface area contributed by atoms with Crippen LogP contribution < -0.4 is 11.1 Å². The largest absolute Gasteiger partial charge is 0.396 e. The number of hydrogen-bond acceptors (Lipinski definition) is 4. The summed E-state index contributed by atoms with van der Waals surface area (Å²) in [5.41, 5.74) is 7.41. The Labute approximate surface area is 108 Å². The Balaban J connectivity index is 2.01. The molecule has 0 amide bonds. The number of anilines is 2. The number of nitrogens with two attached hydrogens (primary N) is 1. The number of pyridine rings is 1. The zero-order valence-electron chi connectivity index (χ0n) is 11.0. The van der Waals surface area contributed by atoms with Gasteiger partial charge in [-0.3, -0.25) is 0 Å². The number of hydrogen-bond donors (Lipinski definition) is 2. The van der Waals surface area contributed by atoms with E-state index in [0.717, 1.165) is 12.8 Å². The molecule has 0 aliphatic heterocycles. The van der Waals surface area contributed by atoms with E-state index >= 15 is 0 Å². The third kappa shape index (κ3) is 2.92. The van der Waals surface area contributed by atoms with Crippen LogP contribution in [0.2, 0.25) is 0 Å². The number of nitriles is 1. The standard InChI is InChI=1S/C14H20N4/c1-14(2)5-3-11(4-6-14)18-13-12(16)7-10(8-15)9-17-13/h7,9,11H,3-6,16H2,1-2H3,(H,17,18). The maximum absolute atomic E-state index is 8.77. The summed E-state index contributed by atoms with van der Waals surface area (Å²) in [6, 6.07) is 4.15. The van der Waals surface area contributed by atoms with E-state index in [1.165, 1.54) is 12.8 Å². The fourth-order valence-corrected chi connectivity index (χ4v) is 2.40. The molecule has 96 valence electrons. The molecule has 1 fully saturated rings. The third-order valence-electron chi connectivity index (χ3n) is 3.73. The van der Waals surface area contributed by atoms with Crippen LogP contribution >= 0.6 is 0 Å². The Kier molecular flexibility index (Phi) is 3.42. The van der Waals surface area contributed by atoms with Gasteiger partial charge in [0.15, 0.2) is 0 Å². The maximum Gasteiger partial charge on any atom is 0.149 e. The molecular formula is C14H20N4. The summed E-state index contributed by atoms with van der Waals surface area (Å²) in [5, 5.41) is 12.2. The highest BCUT2D eigenvalue weighted by Gasteiger charge is 2.27. The van der Waals surface area contributed by atoms with Crippen LogP contribution in [-0.4, -0.2) is 11.0 Å². The van der Waals surface area contributed by atoms with Gasteiger partial charge in [0, 0.05) is 12.2 Å². The van der Waals surface area contributed by atoms with E-state index in [9.17, 15) is 0 Å². The van der Waals surface area contributed by atoms with E-state index in [1.54, 1.807) is 12.3 Å². The fourth-order valence-electron chi connectivity index (χ4n) is 2.40. The van der Waals surface area contributed by atoms with Crippen molar-refractivity contribution in [3.63, 3.8) is 0 Å². The summed E-state index contributed by atoms with van der Waals surface area (Å²) in [6.45, 7) is 4.63. The molecule has 4 nitrogen and oxygen atoms in total. The average molecular weight is 244 g/mol. The van der Waals surface area contributed by atoms with E-state index in [4.69, 9.17) is 11.0 Å². The van der Waals surface area contributed by atoms with Crippen molar-refractivity contribution >= 4 is 11.5 Å². The van der Waals surface area contributed by atoms with Crippen molar-refractivity contribution in [2.24, 2.45) is 5.41 Å². The lowest BCUT2D eigenvalue weighted by Crippen LogP contribution is -2.30. The Hall–Kier alpha value is -1.76. The van der Waals surface area contributed by atoms with Crippen LogP contribution in [0.25, 0.3) is 0 Å². The second kappa shape index (κ2) is 4.85. The Morgan fingerprint density at radius 1 is 1.44 bits per heavy atom. The van der Waals surface area contributed by atoms with E-state index < -0.39 is 0 Å². The minimum absolute atomic E-state index is 0.445. The summed E-state index contributed by atoms with van der Waals surface area (Å²) < 4.78 is 0. The molecule has 0 atom stereocenters. The predicted molar refractivity (Wildman–Crippen MR) is 73.0 cm³/mol. The first-order chi connectivity index (χ1) is 8.50. The zero-order chi connectivity index (χ0) is 13.2. The predicted octanol–water partition coefficient (Wildman–Crippen LogP) is 2.92. The van der Waals surface area contributed by atoms with Gasteiger partial charge < -0.3 is 11.1 Å². The smallest absolute Gasteiger partial charge is 0.149 e. The number of aromatic nitrogens is 1. The van der Waals surface area contributed by atoms with E-state index in [2.05, 4.69) is 24.1 Å². The molecule has 1 heterocycles. The second-order valence-electron chi connectivity index (χ2n) is 5.86. The summed E-state index contributed by atoms with van der Waals surface area (Å²) >= 11 is 0. The van der Waals surface area contributed by atoms with Crippen molar-refractivity contribution in [1.82, 2.24) is 4.98 Å². The van der Waals surface area contributed by atoms with Crippen LogP contribution in [0.1, 0.15) is 45.1 Å². The second-order valence-corrected chi connectivity index (χ2v) is 5.86. The molecule has 1 aromatic heterocycles. The van der Waals surface area contributed by atoms with E-state index in [1.807, 2.05) is 6.07 Å². The van der Waals surface area contributed by atoms with Gasteiger partial charge in [0.25, 0.3) is 0 Å². The van der Waals surface area contributed by atoms with Gasteiger partial charge in [-0.2, -0.15) is 5.26 Å². The molecule has 0 unspecified atom stereocenters. The third-order valence-corrected chi connectivity index (χ3v) is 3.73. The molecule has 1 aliphatic carbocycles. The van der Waals surface area contributed by atoms with Crippen molar-refractivity contribution in [2.45, 2.75) is 45.6 Å². The first kappa shape index (κ1) is 12.7. The molecule has 0 radical (unpaired) electrons. The van der Waals surface area contributed by atoms with Gasteiger partial charge in [0.05, 0.1) is 11.3 Å². The van der Waals surface area contributed by atoms with Crippen LogP contribution in [0, 0.1) is 16.7 Å². The van der Waals surface area contributed by atoms with Crippen LogP contribution in [0.4, 0.5) is 11.5 Å². The first-order valence-corrected chi connectivity index (χ1v) is 6.42. The van der Waals surface area contributed by atoms with Gasteiger partial charge in [-0.25, -0.2) is 4.98 Å². The van der Waals surface area contributed by atoms with E-state index in [0.29, 0.717) is 28.5 Å². The quantitative estimate of drug-likeness (QED) is 0.838. The van der Waals surface area contributed by atoms with Crippen LogP contribution in [-0.2, 0) is 0 Å². The van der Waals surface area contributed by atoms with Crippen molar-refractivity contribution < 1.29 is 0 Å². The van der Waals surface area contributed by atoms with Gasteiger partial charge in [-0.05, 0) is 37.2 Å². The SMILES string of the molecule is CC1(C)CCC(Nc2ncc(C#N)cc2N)CC1. The van der Waals surface area contributed by atoms with Crippen molar-refractivity contribution in [1.29, 1.82) is 5.26 Å². The fraction of sp³-hybridized carbons (Fsp3) is 0.571. The molecule has 18 heavy (non-hydrogen) atoms. The molecule has 2 rings (SSSR count). The van der Waals surface area contributed by atoms with Gasteiger partial charge in [-0.15, -0.1) is 0 Å². The molecule has 1 saturated carbocycles. The number of nitrogen functional groups attached to an aromatic ring is 1. The topological polar surface area (TPSA) is 74.7 Å². The normalized spacial score (nSPS) is 19.2. The molecule has 0 spiro atoms. The highest BCUT2D eigenvalue weighted by molar-refractivity contribution is 5.63. The summed E-state index contributed by atoms with van der Waals surface area (Å²) in [6.07, 6.45) is 6.30. The summed E-state index contributed by atoms with van der Waals surface area (Å²) in [4.78, 5) is 4.22. The Morgan fingerprint density at radius 3 is 2.67 bits per heavy atom. The lowest BCUT2D eigenvalue weighted by Gasteiger charge is -2.34. The minimum Gasteiger partial charge on any atom is -0.396 e. The van der Waals surface area contributed by atoms with Gasteiger partial charge in [0.2, 0.25) is 0 Å². The van der Waals surface area contributed by atoms with Gasteiger partial charge in [0.1, 0.15) is 11.9 Å². The van der Waals surface area contributed by atoms with E-state index in [-0.39, 0.29) is 0 Å². The number of rotatable bonds is 2. The highest BCUT2D eigenvalue weighted by Crippen LogP contribution is 2.36. The monoisotopic (exact) mass is 244 g/mol. The van der Waals surface area contributed by atoms with Crippen molar-refractivity contribution in [3.05, 3.63) is 17.8 Å². The highest BCUT2D eigenvalue weighted by atomic mass is 15.0. The van der Waals surface area contributed by atoms with Crippen molar-refractivity contribution in [2.75, 3.05) is 11.1 Å². The maximum atomic E-state index is 8.77. The van der Waals surface area contributed by atoms with Crippen LogP contribution in [0.15, 0.2) is 12.3 Å². The molecule has 4 heteroatoms. The average Bonchev–Trinajstić information content (AvgIpc) is 2.34. The molecule has 0 saturated heterocycles.